The number of hydrogen-bond acceptors (Lipinski definition) is 5. The molecule has 0 aliphatic rings. The highest BCUT2D eigenvalue weighted by Gasteiger charge is 2.11. The van der Waals surface area contributed by atoms with Gasteiger partial charge < -0.3 is 14.5 Å². The van der Waals surface area contributed by atoms with Gasteiger partial charge in [0, 0.05) is 13.5 Å². The second kappa shape index (κ2) is 6.22. The zero-order chi connectivity index (χ0) is 13.7. The van der Waals surface area contributed by atoms with Crippen LogP contribution in [0.4, 0.5) is 5.82 Å². The molecule has 0 spiro atoms. The molecule has 2 aromatic rings. The van der Waals surface area contributed by atoms with Crippen LogP contribution < -0.4 is 10.1 Å². The third kappa shape index (κ3) is 3.24. The van der Waals surface area contributed by atoms with Crippen LogP contribution in [-0.4, -0.2) is 17.0 Å². The molecule has 0 aliphatic carbocycles. The third-order valence-electron chi connectivity index (χ3n) is 2.79. The number of nitrogens with one attached hydrogen (secondary N) is 1. The summed E-state index contributed by atoms with van der Waals surface area (Å²) < 4.78 is 11.0. The fraction of sp³-hybridized carbons (Fsp3) is 0.429. The molecule has 19 heavy (non-hydrogen) atoms. The van der Waals surface area contributed by atoms with E-state index >= 15 is 0 Å². The lowest BCUT2D eigenvalue weighted by Gasteiger charge is -2.12. The molecule has 0 radical (unpaired) electrons. The Hall–Kier alpha value is -2.04. The van der Waals surface area contributed by atoms with Crippen molar-refractivity contribution in [2.75, 3.05) is 12.4 Å². The number of rotatable bonds is 6. The van der Waals surface area contributed by atoms with E-state index < -0.39 is 0 Å². The Labute approximate surface area is 113 Å². The lowest BCUT2D eigenvalue weighted by Crippen LogP contribution is -2.07. The maximum atomic E-state index is 5.73. The van der Waals surface area contributed by atoms with E-state index in [2.05, 4.69) is 22.2 Å². The molecule has 0 atom stereocenters. The molecular weight excluding hydrogens is 242 g/mol. The van der Waals surface area contributed by atoms with Gasteiger partial charge >= 0.3 is 0 Å². The van der Waals surface area contributed by atoms with Crippen molar-refractivity contribution in [3.05, 3.63) is 35.5 Å². The summed E-state index contributed by atoms with van der Waals surface area (Å²) in [5.41, 5.74) is 0.911. The highest BCUT2D eigenvalue weighted by molar-refractivity contribution is 5.48. The van der Waals surface area contributed by atoms with E-state index in [4.69, 9.17) is 9.15 Å². The Kier molecular flexibility index (Phi) is 4.39. The molecular formula is C14H19N3O2. The van der Waals surface area contributed by atoms with Gasteiger partial charge in [-0.1, -0.05) is 6.92 Å². The maximum absolute atomic E-state index is 5.73. The SMILES string of the molecule is CCCc1nc(NC)c(C)c(OCc2ccco2)n1. The van der Waals surface area contributed by atoms with Crippen LogP contribution in [0.15, 0.2) is 22.8 Å². The normalized spacial score (nSPS) is 10.5. The Balaban J connectivity index is 2.19. The minimum Gasteiger partial charge on any atom is -0.469 e. The molecule has 5 nitrogen and oxygen atoms in total. The van der Waals surface area contributed by atoms with E-state index in [1.807, 2.05) is 26.1 Å². The van der Waals surface area contributed by atoms with E-state index in [-0.39, 0.29) is 0 Å². The van der Waals surface area contributed by atoms with Gasteiger partial charge in [-0.05, 0) is 25.5 Å². The van der Waals surface area contributed by atoms with E-state index in [9.17, 15) is 0 Å². The van der Waals surface area contributed by atoms with Gasteiger partial charge in [-0.15, -0.1) is 0 Å². The van der Waals surface area contributed by atoms with Crippen molar-refractivity contribution in [3.8, 4) is 5.88 Å². The molecule has 0 bridgehead atoms. The number of hydrogen-bond donors (Lipinski definition) is 1. The standard InChI is InChI=1S/C14H19N3O2/c1-4-6-12-16-13(15-3)10(2)14(17-12)19-9-11-7-5-8-18-11/h5,7-8H,4,6,9H2,1-3H3,(H,15,16,17). The van der Waals surface area contributed by atoms with Crippen LogP contribution in [0, 0.1) is 6.92 Å². The van der Waals surface area contributed by atoms with E-state index in [1.54, 1.807) is 6.26 Å². The van der Waals surface area contributed by atoms with Crippen molar-refractivity contribution in [2.45, 2.75) is 33.3 Å². The predicted molar refractivity (Wildman–Crippen MR) is 73.4 cm³/mol. The van der Waals surface area contributed by atoms with Crippen LogP contribution >= 0.6 is 0 Å². The third-order valence-corrected chi connectivity index (χ3v) is 2.79. The Morgan fingerprint density at radius 2 is 2.21 bits per heavy atom. The Morgan fingerprint density at radius 3 is 2.84 bits per heavy atom. The van der Waals surface area contributed by atoms with Gasteiger partial charge in [0.2, 0.25) is 5.88 Å². The Morgan fingerprint density at radius 1 is 1.37 bits per heavy atom. The summed E-state index contributed by atoms with van der Waals surface area (Å²) in [6.45, 7) is 4.42. The van der Waals surface area contributed by atoms with Crippen molar-refractivity contribution < 1.29 is 9.15 Å². The van der Waals surface area contributed by atoms with Gasteiger partial charge in [-0.3, -0.25) is 0 Å². The summed E-state index contributed by atoms with van der Waals surface area (Å²) in [4.78, 5) is 8.92. The van der Waals surface area contributed by atoms with Crippen molar-refractivity contribution in [3.63, 3.8) is 0 Å². The molecule has 0 aliphatic heterocycles. The lowest BCUT2D eigenvalue weighted by atomic mass is 10.3. The first-order valence-electron chi connectivity index (χ1n) is 6.45. The zero-order valence-corrected chi connectivity index (χ0v) is 11.6. The van der Waals surface area contributed by atoms with Crippen LogP contribution in [0.5, 0.6) is 5.88 Å². The summed E-state index contributed by atoms with van der Waals surface area (Å²) in [6.07, 6.45) is 3.48. The molecule has 2 rings (SSSR count). The first-order chi connectivity index (χ1) is 9.24. The number of aryl methyl sites for hydroxylation is 1. The molecule has 0 aromatic carbocycles. The lowest BCUT2D eigenvalue weighted by molar-refractivity contribution is 0.257. The highest BCUT2D eigenvalue weighted by Crippen LogP contribution is 2.23. The van der Waals surface area contributed by atoms with Gasteiger partial charge in [0.05, 0.1) is 11.8 Å². The number of anilines is 1. The van der Waals surface area contributed by atoms with E-state index in [0.717, 1.165) is 35.8 Å². The van der Waals surface area contributed by atoms with Crippen molar-refractivity contribution in [1.29, 1.82) is 0 Å². The second-order valence-corrected chi connectivity index (χ2v) is 4.29. The zero-order valence-electron chi connectivity index (χ0n) is 11.6. The van der Waals surface area contributed by atoms with Crippen LogP contribution in [-0.2, 0) is 13.0 Å². The average Bonchev–Trinajstić information content (AvgIpc) is 2.92. The predicted octanol–water partition coefficient (Wildman–Crippen LogP) is 2.95. The van der Waals surface area contributed by atoms with Crippen LogP contribution in [0.25, 0.3) is 0 Å². The molecule has 0 saturated carbocycles. The Bertz CT molecular complexity index is 524. The summed E-state index contributed by atoms with van der Waals surface area (Å²) >= 11 is 0. The first-order valence-corrected chi connectivity index (χ1v) is 6.45. The van der Waals surface area contributed by atoms with Crippen LogP contribution in [0.2, 0.25) is 0 Å². The molecule has 1 N–H and O–H groups in total. The number of aromatic nitrogens is 2. The average molecular weight is 261 g/mol. The van der Waals surface area contributed by atoms with Crippen LogP contribution in [0.1, 0.15) is 30.5 Å². The summed E-state index contributed by atoms with van der Waals surface area (Å²) in [6, 6.07) is 3.72. The van der Waals surface area contributed by atoms with Crippen LogP contribution in [0.3, 0.4) is 0 Å². The molecule has 2 heterocycles. The molecule has 0 amide bonds. The van der Waals surface area contributed by atoms with Gasteiger partial charge in [0.25, 0.3) is 0 Å². The quantitative estimate of drug-likeness (QED) is 0.866. The summed E-state index contributed by atoms with van der Waals surface area (Å²) in [5, 5.41) is 3.07. The van der Waals surface area contributed by atoms with Gasteiger partial charge in [0.1, 0.15) is 24.0 Å². The van der Waals surface area contributed by atoms with E-state index in [1.165, 1.54) is 0 Å². The van der Waals surface area contributed by atoms with Crippen molar-refractivity contribution in [2.24, 2.45) is 0 Å². The van der Waals surface area contributed by atoms with Gasteiger partial charge in [-0.2, -0.15) is 4.98 Å². The smallest absolute Gasteiger partial charge is 0.222 e. The number of ether oxygens (including phenoxy) is 1. The van der Waals surface area contributed by atoms with E-state index in [0.29, 0.717) is 12.5 Å². The molecule has 5 heteroatoms. The number of furan rings is 1. The molecule has 2 aromatic heterocycles. The monoisotopic (exact) mass is 261 g/mol. The van der Waals surface area contributed by atoms with Gasteiger partial charge in [-0.25, -0.2) is 4.98 Å². The molecule has 102 valence electrons. The first kappa shape index (κ1) is 13.4. The number of nitrogens with zero attached hydrogens (tertiary/aromatic N) is 2. The maximum Gasteiger partial charge on any atom is 0.222 e. The molecule has 0 unspecified atom stereocenters. The fourth-order valence-corrected chi connectivity index (χ4v) is 1.79. The van der Waals surface area contributed by atoms with Gasteiger partial charge in [0.15, 0.2) is 0 Å². The topological polar surface area (TPSA) is 60.2 Å². The highest BCUT2D eigenvalue weighted by atomic mass is 16.5. The second-order valence-electron chi connectivity index (χ2n) is 4.29. The van der Waals surface area contributed by atoms with Crippen molar-refractivity contribution >= 4 is 5.82 Å². The van der Waals surface area contributed by atoms with Crippen molar-refractivity contribution in [1.82, 2.24) is 9.97 Å². The largest absolute Gasteiger partial charge is 0.469 e. The minimum absolute atomic E-state index is 0.375. The fourth-order valence-electron chi connectivity index (χ4n) is 1.79. The summed E-state index contributed by atoms with van der Waals surface area (Å²) in [5.74, 6) is 3.00. The molecule has 0 saturated heterocycles. The molecule has 0 fully saturated rings. The summed E-state index contributed by atoms with van der Waals surface area (Å²) in [7, 11) is 1.85. The minimum atomic E-state index is 0.375.